The lowest BCUT2D eigenvalue weighted by Crippen LogP contribution is -2.43. The highest BCUT2D eigenvalue weighted by molar-refractivity contribution is 5.68. The van der Waals surface area contributed by atoms with Crippen LogP contribution < -0.4 is 0 Å². The van der Waals surface area contributed by atoms with Crippen LogP contribution in [0.3, 0.4) is 0 Å². The Kier molecular flexibility index (Phi) is 5.88. The van der Waals surface area contributed by atoms with Gasteiger partial charge in [-0.25, -0.2) is 4.79 Å². The first-order valence-electron chi connectivity index (χ1n) is 8.71. The van der Waals surface area contributed by atoms with E-state index in [1.165, 1.54) is 0 Å². The van der Waals surface area contributed by atoms with Crippen LogP contribution in [-0.2, 0) is 16.1 Å². The van der Waals surface area contributed by atoms with Gasteiger partial charge in [-0.3, -0.25) is 0 Å². The molecule has 1 amide bonds. The molecule has 2 atom stereocenters. The van der Waals surface area contributed by atoms with Gasteiger partial charge in [-0.15, -0.1) is 0 Å². The van der Waals surface area contributed by atoms with Crippen molar-refractivity contribution in [3.05, 3.63) is 71.3 Å². The van der Waals surface area contributed by atoms with Gasteiger partial charge in [0.05, 0.1) is 23.8 Å². The topological polar surface area (TPSA) is 62.6 Å². The summed E-state index contributed by atoms with van der Waals surface area (Å²) in [6, 6.07) is 19.0. The molecule has 3 rings (SSSR count). The Bertz CT molecular complexity index is 768. The Morgan fingerprint density at radius 2 is 1.92 bits per heavy atom. The van der Waals surface area contributed by atoms with Crippen molar-refractivity contribution in [2.45, 2.75) is 31.6 Å². The van der Waals surface area contributed by atoms with E-state index in [9.17, 15) is 4.79 Å². The molecule has 1 heterocycles. The zero-order valence-corrected chi connectivity index (χ0v) is 14.8. The molecule has 1 saturated heterocycles. The predicted molar refractivity (Wildman–Crippen MR) is 97.3 cm³/mol. The van der Waals surface area contributed by atoms with E-state index in [0.29, 0.717) is 18.5 Å². The smallest absolute Gasteiger partial charge is 0.410 e. The largest absolute Gasteiger partial charge is 0.445 e. The molecular weight excluding hydrogens is 328 g/mol. The van der Waals surface area contributed by atoms with Gasteiger partial charge in [0.25, 0.3) is 0 Å². The summed E-state index contributed by atoms with van der Waals surface area (Å²) in [6.45, 7) is 0.834. The summed E-state index contributed by atoms with van der Waals surface area (Å²) in [6.07, 6.45) is 1.28. The molecule has 1 fully saturated rings. The molecule has 134 valence electrons. The number of ether oxygens (including phenoxy) is 2. The minimum atomic E-state index is -0.322. The van der Waals surface area contributed by atoms with Gasteiger partial charge in [0.1, 0.15) is 6.61 Å². The number of likely N-dealkylation sites (tertiary alicyclic amines) is 1. The molecule has 0 N–H and O–H groups in total. The molecule has 0 bridgehead atoms. The third-order valence-electron chi connectivity index (χ3n) is 4.75. The summed E-state index contributed by atoms with van der Waals surface area (Å²) in [5, 5.41) is 8.98. The van der Waals surface area contributed by atoms with Gasteiger partial charge in [-0.2, -0.15) is 5.26 Å². The van der Waals surface area contributed by atoms with E-state index < -0.39 is 0 Å². The lowest BCUT2D eigenvalue weighted by Gasteiger charge is -2.38. The molecular formula is C21H22N2O3. The van der Waals surface area contributed by atoms with Crippen LogP contribution in [0.25, 0.3) is 0 Å². The number of hydrogen-bond acceptors (Lipinski definition) is 4. The molecule has 26 heavy (non-hydrogen) atoms. The zero-order valence-electron chi connectivity index (χ0n) is 14.8. The van der Waals surface area contributed by atoms with Gasteiger partial charge in [0.15, 0.2) is 0 Å². The normalized spacial score (nSPS) is 19.6. The molecule has 5 heteroatoms. The average molecular weight is 350 g/mol. The fourth-order valence-electron chi connectivity index (χ4n) is 3.26. The Hall–Kier alpha value is -2.84. The number of carbonyl (C=O) groups is 1. The molecule has 0 spiro atoms. The zero-order chi connectivity index (χ0) is 18.4. The number of benzene rings is 2. The molecule has 1 aliphatic rings. The number of methoxy groups -OCH3 is 1. The molecule has 0 radical (unpaired) electrons. The van der Waals surface area contributed by atoms with Gasteiger partial charge < -0.3 is 14.4 Å². The van der Waals surface area contributed by atoms with Crippen LogP contribution in [0, 0.1) is 11.3 Å². The highest BCUT2D eigenvalue weighted by Gasteiger charge is 2.33. The second-order valence-electron chi connectivity index (χ2n) is 6.37. The molecule has 0 aromatic heterocycles. The highest BCUT2D eigenvalue weighted by Crippen LogP contribution is 2.33. The van der Waals surface area contributed by atoms with Gasteiger partial charge >= 0.3 is 6.09 Å². The van der Waals surface area contributed by atoms with E-state index in [1.54, 1.807) is 24.1 Å². The first-order valence-corrected chi connectivity index (χ1v) is 8.71. The predicted octanol–water partition coefficient (Wildman–Crippen LogP) is 4.05. The van der Waals surface area contributed by atoms with Crippen LogP contribution in [0.15, 0.2) is 54.6 Å². The summed E-state index contributed by atoms with van der Waals surface area (Å²) < 4.78 is 11.0. The van der Waals surface area contributed by atoms with Gasteiger partial charge in [0.2, 0.25) is 0 Å². The van der Waals surface area contributed by atoms with Crippen LogP contribution in [0.5, 0.6) is 0 Å². The molecule has 1 aliphatic heterocycles. The third kappa shape index (κ3) is 4.22. The Morgan fingerprint density at radius 3 is 2.58 bits per heavy atom. The summed E-state index contributed by atoms with van der Waals surface area (Å²) in [5.74, 6) is 0. The van der Waals surface area contributed by atoms with Crippen LogP contribution in [0.1, 0.15) is 35.6 Å². The van der Waals surface area contributed by atoms with Gasteiger partial charge in [0, 0.05) is 13.7 Å². The van der Waals surface area contributed by atoms with Crippen molar-refractivity contribution in [3.8, 4) is 6.07 Å². The van der Waals surface area contributed by atoms with Crippen LogP contribution in [0.4, 0.5) is 4.79 Å². The highest BCUT2D eigenvalue weighted by atomic mass is 16.6. The second-order valence-corrected chi connectivity index (χ2v) is 6.37. The maximum absolute atomic E-state index is 12.7. The summed E-state index contributed by atoms with van der Waals surface area (Å²) in [5.41, 5.74) is 2.55. The van der Waals surface area contributed by atoms with Crippen molar-refractivity contribution in [1.29, 1.82) is 5.26 Å². The van der Waals surface area contributed by atoms with E-state index in [0.717, 1.165) is 17.5 Å². The van der Waals surface area contributed by atoms with E-state index >= 15 is 0 Å². The van der Waals surface area contributed by atoms with E-state index in [2.05, 4.69) is 6.07 Å². The maximum Gasteiger partial charge on any atom is 0.410 e. The number of amides is 1. The lowest BCUT2D eigenvalue weighted by molar-refractivity contribution is 0.00476. The van der Waals surface area contributed by atoms with Crippen molar-refractivity contribution in [1.82, 2.24) is 4.90 Å². The van der Waals surface area contributed by atoms with Crippen molar-refractivity contribution in [3.63, 3.8) is 0 Å². The first-order chi connectivity index (χ1) is 12.7. The minimum absolute atomic E-state index is 0.105. The van der Waals surface area contributed by atoms with Crippen molar-refractivity contribution in [2.24, 2.45) is 0 Å². The molecule has 0 saturated carbocycles. The van der Waals surface area contributed by atoms with Crippen LogP contribution >= 0.6 is 0 Å². The standard InChI is InChI=1S/C21H22N2O3/c1-25-19-11-12-23(21(24)26-15-17-5-3-2-4-6-17)20(13-19)18-9-7-16(14-22)8-10-18/h2-10,19-20H,11-13,15H2,1H3/t19-,20-/m0/s1. The summed E-state index contributed by atoms with van der Waals surface area (Å²) in [7, 11) is 1.70. The van der Waals surface area contributed by atoms with E-state index in [4.69, 9.17) is 14.7 Å². The van der Waals surface area contributed by atoms with Crippen LogP contribution in [0.2, 0.25) is 0 Å². The van der Waals surface area contributed by atoms with Gasteiger partial charge in [-0.1, -0.05) is 42.5 Å². The van der Waals surface area contributed by atoms with E-state index in [1.807, 2.05) is 42.5 Å². The Labute approximate surface area is 153 Å². The SMILES string of the molecule is CO[C@H]1CCN(C(=O)OCc2ccccc2)[C@H](c2ccc(C#N)cc2)C1. The number of piperidine rings is 1. The van der Waals surface area contributed by atoms with Crippen molar-refractivity contribution in [2.75, 3.05) is 13.7 Å². The quantitative estimate of drug-likeness (QED) is 0.835. The monoisotopic (exact) mass is 350 g/mol. The summed E-state index contributed by atoms with van der Waals surface area (Å²) >= 11 is 0. The van der Waals surface area contributed by atoms with Crippen LogP contribution in [-0.4, -0.2) is 30.8 Å². The molecule has 2 aromatic carbocycles. The van der Waals surface area contributed by atoms with Gasteiger partial charge in [-0.05, 0) is 36.1 Å². The number of hydrogen-bond donors (Lipinski definition) is 0. The third-order valence-corrected chi connectivity index (χ3v) is 4.75. The van der Waals surface area contributed by atoms with Crippen molar-refractivity contribution < 1.29 is 14.3 Å². The van der Waals surface area contributed by atoms with E-state index in [-0.39, 0.29) is 24.8 Å². The summed E-state index contributed by atoms with van der Waals surface area (Å²) in [4.78, 5) is 14.4. The Balaban J connectivity index is 1.73. The Morgan fingerprint density at radius 1 is 1.19 bits per heavy atom. The van der Waals surface area contributed by atoms with Crippen molar-refractivity contribution >= 4 is 6.09 Å². The fourth-order valence-corrected chi connectivity index (χ4v) is 3.26. The minimum Gasteiger partial charge on any atom is -0.445 e. The molecule has 0 aliphatic carbocycles. The fraction of sp³-hybridized carbons (Fsp3) is 0.333. The lowest BCUT2D eigenvalue weighted by atomic mass is 9.93. The number of carbonyl (C=O) groups excluding carboxylic acids is 1. The molecule has 2 aromatic rings. The maximum atomic E-state index is 12.7. The average Bonchev–Trinajstić information content (AvgIpc) is 2.72. The number of rotatable bonds is 4. The number of nitrogens with zero attached hydrogens (tertiary/aromatic N) is 2. The number of nitriles is 1. The second kappa shape index (κ2) is 8.50. The molecule has 0 unspecified atom stereocenters. The first kappa shape index (κ1) is 18.0. The molecule has 5 nitrogen and oxygen atoms in total.